The summed E-state index contributed by atoms with van der Waals surface area (Å²) in [5.41, 5.74) is 0.576. The van der Waals surface area contributed by atoms with Gasteiger partial charge in [0.15, 0.2) is 11.6 Å². The number of nitrogens with zero attached hydrogens (tertiary/aromatic N) is 1. The van der Waals surface area contributed by atoms with E-state index in [4.69, 9.17) is 4.74 Å². The standard InChI is InChI=1S/C12H12FNO3/c1-17-10-3-2-8(6-9(10)13)7-14-11(15)4-5-12(14)16/h2-3,6H,4-5,7H2,1H3. The quantitative estimate of drug-likeness (QED) is 0.748. The lowest BCUT2D eigenvalue weighted by molar-refractivity contribution is -0.139. The van der Waals surface area contributed by atoms with E-state index < -0.39 is 5.82 Å². The molecule has 1 aromatic carbocycles. The molecule has 0 aromatic heterocycles. The molecule has 0 atom stereocenters. The van der Waals surface area contributed by atoms with E-state index in [1.165, 1.54) is 19.2 Å². The zero-order chi connectivity index (χ0) is 12.4. The Bertz CT molecular complexity index is 457. The Labute approximate surface area is 98.0 Å². The van der Waals surface area contributed by atoms with E-state index in [0.717, 1.165) is 4.90 Å². The van der Waals surface area contributed by atoms with Crippen LogP contribution in [0.5, 0.6) is 5.75 Å². The van der Waals surface area contributed by atoms with Crippen LogP contribution in [0, 0.1) is 5.82 Å². The van der Waals surface area contributed by atoms with E-state index >= 15 is 0 Å². The van der Waals surface area contributed by atoms with E-state index in [1.807, 2.05) is 0 Å². The molecule has 1 aliphatic rings. The highest BCUT2D eigenvalue weighted by Crippen LogP contribution is 2.21. The molecule has 1 saturated heterocycles. The summed E-state index contributed by atoms with van der Waals surface area (Å²) in [6.07, 6.45) is 0.495. The van der Waals surface area contributed by atoms with Crippen LogP contribution in [-0.4, -0.2) is 23.8 Å². The first kappa shape index (κ1) is 11.6. The van der Waals surface area contributed by atoms with E-state index in [0.29, 0.717) is 5.56 Å². The Hall–Kier alpha value is -1.91. The maximum absolute atomic E-state index is 13.4. The van der Waals surface area contributed by atoms with Crippen molar-refractivity contribution in [1.29, 1.82) is 0 Å². The van der Waals surface area contributed by atoms with Crippen molar-refractivity contribution in [3.05, 3.63) is 29.6 Å². The lowest BCUT2D eigenvalue weighted by atomic mass is 10.2. The van der Waals surface area contributed by atoms with Crippen LogP contribution in [0.15, 0.2) is 18.2 Å². The van der Waals surface area contributed by atoms with Crippen molar-refractivity contribution >= 4 is 11.8 Å². The minimum Gasteiger partial charge on any atom is -0.494 e. The fourth-order valence-corrected chi connectivity index (χ4v) is 1.79. The SMILES string of the molecule is COc1ccc(CN2C(=O)CCC2=O)cc1F. The molecule has 1 aromatic rings. The molecule has 0 bridgehead atoms. The number of hydrogen-bond donors (Lipinski definition) is 0. The van der Waals surface area contributed by atoms with Crippen molar-refractivity contribution in [3.63, 3.8) is 0 Å². The minimum atomic E-state index is -0.496. The molecule has 17 heavy (non-hydrogen) atoms. The average molecular weight is 237 g/mol. The van der Waals surface area contributed by atoms with Crippen LogP contribution < -0.4 is 4.74 Å². The van der Waals surface area contributed by atoms with Gasteiger partial charge in [0.25, 0.3) is 0 Å². The number of likely N-dealkylation sites (tertiary alicyclic amines) is 1. The van der Waals surface area contributed by atoms with Gasteiger partial charge in [-0.15, -0.1) is 0 Å². The van der Waals surface area contributed by atoms with Gasteiger partial charge in [0, 0.05) is 12.8 Å². The molecule has 0 unspecified atom stereocenters. The summed E-state index contributed by atoms with van der Waals surface area (Å²) in [5, 5.41) is 0. The van der Waals surface area contributed by atoms with Crippen molar-refractivity contribution in [3.8, 4) is 5.75 Å². The Balaban J connectivity index is 2.16. The number of ether oxygens (including phenoxy) is 1. The summed E-state index contributed by atoms with van der Waals surface area (Å²) in [6.45, 7) is 0.124. The number of methoxy groups -OCH3 is 1. The third-order valence-corrected chi connectivity index (χ3v) is 2.71. The molecule has 90 valence electrons. The second kappa shape index (κ2) is 4.53. The topological polar surface area (TPSA) is 46.6 Å². The van der Waals surface area contributed by atoms with Crippen LogP contribution >= 0.6 is 0 Å². The third kappa shape index (κ3) is 2.27. The van der Waals surface area contributed by atoms with E-state index in [-0.39, 0.29) is 37.0 Å². The van der Waals surface area contributed by atoms with Gasteiger partial charge in [-0.3, -0.25) is 14.5 Å². The number of carbonyl (C=O) groups excluding carboxylic acids is 2. The highest BCUT2D eigenvalue weighted by atomic mass is 19.1. The molecule has 4 nitrogen and oxygen atoms in total. The van der Waals surface area contributed by atoms with Crippen LogP contribution in [0.25, 0.3) is 0 Å². The number of hydrogen-bond acceptors (Lipinski definition) is 3. The van der Waals surface area contributed by atoms with E-state index in [2.05, 4.69) is 0 Å². The van der Waals surface area contributed by atoms with Gasteiger partial charge in [0.05, 0.1) is 13.7 Å². The van der Waals surface area contributed by atoms with Crippen LogP contribution in [0.2, 0.25) is 0 Å². The highest BCUT2D eigenvalue weighted by molar-refractivity contribution is 6.01. The molecule has 1 heterocycles. The Morgan fingerprint density at radius 1 is 1.29 bits per heavy atom. The maximum Gasteiger partial charge on any atom is 0.229 e. The molecule has 0 saturated carbocycles. The molecule has 2 rings (SSSR count). The Morgan fingerprint density at radius 3 is 2.47 bits per heavy atom. The fourth-order valence-electron chi connectivity index (χ4n) is 1.79. The van der Waals surface area contributed by atoms with Crippen LogP contribution in [-0.2, 0) is 16.1 Å². The van der Waals surface area contributed by atoms with Crippen molar-refractivity contribution in [1.82, 2.24) is 4.90 Å². The summed E-state index contributed by atoms with van der Waals surface area (Å²) in [6, 6.07) is 4.40. The van der Waals surface area contributed by atoms with E-state index in [1.54, 1.807) is 6.07 Å². The molecule has 0 spiro atoms. The lowest BCUT2D eigenvalue weighted by Crippen LogP contribution is -2.28. The summed E-state index contributed by atoms with van der Waals surface area (Å²) in [4.78, 5) is 23.9. The number of halogens is 1. The molecule has 0 N–H and O–H groups in total. The first-order valence-corrected chi connectivity index (χ1v) is 5.27. The van der Waals surface area contributed by atoms with Gasteiger partial charge >= 0.3 is 0 Å². The smallest absolute Gasteiger partial charge is 0.229 e. The van der Waals surface area contributed by atoms with Gasteiger partial charge in [0.1, 0.15) is 0 Å². The largest absolute Gasteiger partial charge is 0.494 e. The van der Waals surface area contributed by atoms with Gasteiger partial charge in [-0.1, -0.05) is 6.07 Å². The second-order valence-electron chi connectivity index (χ2n) is 3.84. The zero-order valence-corrected chi connectivity index (χ0v) is 9.40. The van der Waals surface area contributed by atoms with Gasteiger partial charge in [-0.2, -0.15) is 0 Å². The van der Waals surface area contributed by atoms with Crippen molar-refractivity contribution in [2.45, 2.75) is 19.4 Å². The Morgan fingerprint density at radius 2 is 1.94 bits per heavy atom. The van der Waals surface area contributed by atoms with Gasteiger partial charge in [-0.25, -0.2) is 4.39 Å². The third-order valence-electron chi connectivity index (χ3n) is 2.71. The number of imide groups is 1. The number of carbonyl (C=O) groups is 2. The number of benzene rings is 1. The summed E-state index contributed by atoms with van der Waals surface area (Å²) in [7, 11) is 1.38. The van der Waals surface area contributed by atoms with Gasteiger partial charge < -0.3 is 4.74 Å². The van der Waals surface area contributed by atoms with Crippen LogP contribution in [0.4, 0.5) is 4.39 Å². The monoisotopic (exact) mass is 237 g/mol. The molecule has 5 heteroatoms. The molecule has 2 amide bonds. The predicted octanol–water partition coefficient (Wildman–Crippen LogP) is 1.48. The number of amides is 2. The summed E-state index contributed by atoms with van der Waals surface area (Å²) < 4.78 is 18.2. The number of rotatable bonds is 3. The molecular formula is C12H12FNO3. The molecule has 0 radical (unpaired) electrons. The molecule has 0 aliphatic carbocycles. The first-order valence-electron chi connectivity index (χ1n) is 5.27. The van der Waals surface area contributed by atoms with Gasteiger partial charge in [-0.05, 0) is 17.7 Å². The minimum absolute atomic E-state index is 0.124. The van der Waals surface area contributed by atoms with Gasteiger partial charge in [0.2, 0.25) is 11.8 Å². The van der Waals surface area contributed by atoms with Crippen molar-refractivity contribution in [2.75, 3.05) is 7.11 Å². The highest BCUT2D eigenvalue weighted by Gasteiger charge is 2.28. The Kier molecular flexibility index (Phi) is 3.08. The van der Waals surface area contributed by atoms with Crippen LogP contribution in [0.1, 0.15) is 18.4 Å². The zero-order valence-electron chi connectivity index (χ0n) is 9.40. The van der Waals surface area contributed by atoms with Crippen molar-refractivity contribution < 1.29 is 18.7 Å². The van der Waals surface area contributed by atoms with E-state index in [9.17, 15) is 14.0 Å². The normalized spacial score (nSPS) is 15.5. The lowest BCUT2D eigenvalue weighted by Gasteiger charge is -2.14. The maximum atomic E-state index is 13.4. The average Bonchev–Trinajstić information content (AvgIpc) is 2.61. The molecule has 1 fully saturated rings. The van der Waals surface area contributed by atoms with Crippen LogP contribution in [0.3, 0.4) is 0 Å². The molecule has 1 aliphatic heterocycles. The summed E-state index contributed by atoms with van der Waals surface area (Å²) in [5.74, 6) is -0.755. The first-order chi connectivity index (χ1) is 8.11. The van der Waals surface area contributed by atoms with Crippen molar-refractivity contribution in [2.24, 2.45) is 0 Å². The predicted molar refractivity (Wildman–Crippen MR) is 57.7 cm³/mol. The summed E-state index contributed by atoms with van der Waals surface area (Å²) >= 11 is 0. The molecular weight excluding hydrogens is 225 g/mol. The fraction of sp³-hybridized carbons (Fsp3) is 0.333. The second-order valence-corrected chi connectivity index (χ2v) is 3.84.